The maximum Gasteiger partial charge on any atom is 2.00 e. The van der Waals surface area contributed by atoms with Crippen molar-refractivity contribution < 1.29 is 93.0 Å². The number of aromatic hydroxyl groups is 4. The van der Waals surface area contributed by atoms with Crippen LogP contribution in [0.1, 0.15) is 0 Å². The topological polar surface area (TPSA) is 452 Å². The van der Waals surface area contributed by atoms with Crippen LogP contribution in [0.2, 0.25) is 0 Å². The van der Waals surface area contributed by atoms with Crippen molar-refractivity contribution in [1.29, 1.82) is 0 Å². The number of nitrogens with two attached hydrogens (primary N) is 3. The molecule has 0 unspecified atom stereocenters. The Labute approximate surface area is 381 Å². The van der Waals surface area contributed by atoms with Crippen molar-refractivity contribution in [2.45, 2.75) is 19.6 Å². The van der Waals surface area contributed by atoms with Crippen molar-refractivity contribution in [3.63, 3.8) is 0 Å². The van der Waals surface area contributed by atoms with E-state index in [2.05, 4.69) is 29.8 Å². The van der Waals surface area contributed by atoms with Gasteiger partial charge in [-0.25, -0.2) is 0 Å². The third kappa shape index (κ3) is 12.7. The maximum absolute atomic E-state index is 11.1. The van der Waals surface area contributed by atoms with Gasteiger partial charge < -0.3 is 87.7 Å². The zero-order valence-corrected chi connectivity index (χ0v) is 37.0. The number of benzene rings is 6. The van der Waals surface area contributed by atoms with Gasteiger partial charge in [0.25, 0.3) is 5.69 Å². The van der Waals surface area contributed by atoms with Crippen molar-refractivity contribution in [2.24, 2.45) is 26.4 Å². The Kier molecular flexibility index (Phi) is 18.5. The van der Waals surface area contributed by atoms with Gasteiger partial charge in [-0.05, 0) is 65.4 Å². The monoisotopic (exact) mass is 1010 g/mol. The minimum absolute atomic E-state index is 0. The van der Waals surface area contributed by atoms with Gasteiger partial charge in [-0.2, -0.15) is 5.90 Å². The number of nitrogen functional groups attached to an aromatic ring is 2. The molecule has 0 spiro atoms. The fourth-order valence-corrected chi connectivity index (χ4v) is 7.61. The molecule has 346 valence electrons. The van der Waals surface area contributed by atoms with E-state index in [4.69, 9.17) is 17.4 Å². The van der Waals surface area contributed by atoms with Crippen LogP contribution in [-0.4, -0.2) is 66.3 Å². The quantitative estimate of drug-likeness (QED) is 0.0109. The number of phenolic OH excluding ortho intramolecular Hbond substituents is 4. The Balaban J connectivity index is 0.000000422. The van der Waals surface area contributed by atoms with E-state index in [-0.39, 0.29) is 65.5 Å². The second kappa shape index (κ2) is 21.6. The molecule has 0 heterocycles. The van der Waals surface area contributed by atoms with Gasteiger partial charge in [0.2, 0.25) is 0 Å². The summed E-state index contributed by atoms with van der Waals surface area (Å²) in [6.07, 6.45) is 0. The van der Waals surface area contributed by atoms with Crippen LogP contribution in [0, 0.1) is 25.0 Å². The predicted octanol–water partition coefficient (Wildman–Crippen LogP) is 10.9. The number of fused-ring (bicyclic) bond motifs is 2. The molecule has 6 rings (SSSR count). The van der Waals surface area contributed by atoms with E-state index in [0.29, 0.717) is 28.1 Å². The Morgan fingerprint density at radius 2 is 1.03 bits per heavy atom. The average Bonchev–Trinajstić information content (AvgIpc) is 3.16. The molecule has 0 bridgehead atoms. The smallest absolute Gasteiger partial charge is 0.506 e. The first kappa shape index (κ1) is 54.8. The summed E-state index contributed by atoms with van der Waals surface area (Å²) in [5, 5.41) is 68.1. The van der Waals surface area contributed by atoms with Gasteiger partial charge in [0, 0.05) is 39.2 Å². The van der Waals surface area contributed by atoms with Gasteiger partial charge >= 0.3 is 17.4 Å². The van der Waals surface area contributed by atoms with Crippen molar-refractivity contribution in [3.8, 4) is 23.0 Å². The Morgan fingerprint density at radius 3 is 1.45 bits per heavy atom. The number of anilines is 2. The minimum atomic E-state index is -4.60. The SMILES string of the molecule is NOOSc1ccc(O)c(N=Nc2c(S(O)(O)O)cc3ccc(N)cc3c2O)c1.Nc1ccc2cc(S(O)(O)O)c(N=Nc3cc([N+](=O)[O-])cc(S(O)(O)O)c3O)c(O)c2c1.[CH3-].[CH3-].[Cr+2]. The maximum atomic E-state index is 11.1. The van der Waals surface area contributed by atoms with E-state index in [9.17, 15) is 71.5 Å². The number of azo groups is 2. The molecule has 0 fully saturated rings. The van der Waals surface area contributed by atoms with Gasteiger partial charge in [-0.15, -0.1) is 29.8 Å². The van der Waals surface area contributed by atoms with E-state index < -0.39 is 92.2 Å². The summed E-state index contributed by atoms with van der Waals surface area (Å²) < 4.78 is 91.3. The van der Waals surface area contributed by atoms with Crippen LogP contribution in [-0.2, 0) is 26.7 Å². The van der Waals surface area contributed by atoms with Crippen LogP contribution >= 0.6 is 44.7 Å². The van der Waals surface area contributed by atoms with Crippen molar-refractivity contribution in [1.82, 2.24) is 0 Å². The largest absolute Gasteiger partial charge is 2.00 e. The normalized spacial score (nSPS) is 12.5. The molecule has 19 N–H and O–H groups in total. The van der Waals surface area contributed by atoms with E-state index in [1.807, 2.05) is 0 Å². The number of nitrogens with zero attached hydrogens (tertiary/aromatic N) is 5. The van der Waals surface area contributed by atoms with Crippen LogP contribution in [0.3, 0.4) is 0 Å². The predicted molar refractivity (Wildman–Crippen MR) is 238 cm³/mol. The van der Waals surface area contributed by atoms with Crippen LogP contribution < -0.4 is 17.4 Å². The van der Waals surface area contributed by atoms with Crippen LogP contribution in [0.5, 0.6) is 23.0 Å². The summed E-state index contributed by atoms with van der Waals surface area (Å²) in [6.45, 7) is 0. The zero-order valence-electron chi connectivity index (χ0n) is 32.5. The number of nitro benzene ring substituents is 1. The third-order valence-electron chi connectivity index (χ3n) is 7.92. The zero-order chi connectivity index (χ0) is 45.2. The molecule has 0 amide bonds. The average molecular weight is 1010 g/mol. The summed E-state index contributed by atoms with van der Waals surface area (Å²) in [4.78, 5) is 12.5. The molecule has 0 aliphatic heterocycles. The second-order valence-electron chi connectivity index (χ2n) is 12.0. The number of hydrogen-bond donors (Lipinski definition) is 16. The van der Waals surface area contributed by atoms with Crippen molar-refractivity contribution in [2.75, 3.05) is 11.5 Å². The number of rotatable bonds is 11. The fourth-order valence-electron chi connectivity index (χ4n) is 5.20. The summed E-state index contributed by atoms with van der Waals surface area (Å²) in [6, 6.07) is 16.4. The van der Waals surface area contributed by atoms with E-state index in [1.165, 1.54) is 54.6 Å². The first-order valence-electron chi connectivity index (χ1n) is 15.9. The molecule has 0 aliphatic carbocycles. The molecule has 0 aromatic heterocycles. The molecule has 0 atom stereocenters. The molecule has 64 heavy (non-hydrogen) atoms. The Bertz CT molecular complexity index is 2740. The van der Waals surface area contributed by atoms with Crippen molar-refractivity contribution >= 4 is 106 Å². The minimum Gasteiger partial charge on any atom is -0.506 e. The van der Waals surface area contributed by atoms with Gasteiger partial charge in [0.05, 0.1) is 26.8 Å². The Morgan fingerprint density at radius 1 is 0.578 bits per heavy atom. The summed E-state index contributed by atoms with van der Waals surface area (Å²) >= 11 is 0.740. The molecule has 25 nitrogen and oxygen atoms in total. The Hall–Kier alpha value is -5.31. The van der Waals surface area contributed by atoms with E-state index >= 15 is 0 Å². The van der Waals surface area contributed by atoms with Gasteiger partial charge in [-0.3, -0.25) is 10.1 Å². The molecular weight excluding hydrogens is 973 g/mol. The van der Waals surface area contributed by atoms with Crippen LogP contribution in [0.25, 0.3) is 21.5 Å². The number of phenols is 4. The van der Waals surface area contributed by atoms with Gasteiger partial charge in [-0.1, -0.05) is 12.1 Å². The van der Waals surface area contributed by atoms with E-state index in [1.54, 1.807) is 6.07 Å². The first-order chi connectivity index (χ1) is 28.4. The van der Waals surface area contributed by atoms with E-state index in [0.717, 1.165) is 18.1 Å². The van der Waals surface area contributed by atoms with Gasteiger partial charge in [0.1, 0.15) is 66.0 Å². The standard InChI is InChI=1S/C16H16N4O10S2.C16H16N4O7S2.2CH3.Cr/c17-8-2-1-7-3-12(31(25,26)27)14(15(21)10(7)4-8)19-18-11-5-9(20(23)24)6-13(16(11)22)32(28,29)30;17-9-2-1-8-5-14(29(23,24)25)15(16(22)11(8)6-9)20-19-12-7-10(28-27-26-18)3-4-13(12)21;;;/h1-6,21-22,25-30H,17H2;1-7,21-25H,17-18H2;2*1H3;/q;;2*-1;+2. The fraction of sp³-hybridized carbons (Fsp3) is 0. The molecular formula is C34H38CrN8O17S4. The first-order valence-corrected chi connectivity index (χ1v) is 21.2. The summed E-state index contributed by atoms with van der Waals surface area (Å²) in [5.74, 6) is 2.26. The van der Waals surface area contributed by atoms with Crippen LogP contribution in [0.15, 0.2) is 119 Å². The van der Waals surface area contributed by atoms with Crippen LogP contribution in [0.4, 0.5) is 39.8 Å². The molecule has 0 radical (unpaired) electrons. The summed E-state index contributed by atoms with van der Waals surface area (Å²) in [5.41, 5.74) is 9.34. The molecule has 0 saturated heterocycles. The van der Waals surface area contributed by atoms with Crippen molar-refractivity contribution in [3.05, 3.63) is 104 Å². The molecule has 30 heteroatoms. The molecule has 6 aromatic rings. The third-order valence-corrected chi connectivity index (χ3v) is 11.2. The number of nitro groups is 1. The second-order valence-corrected chi connectivity index (χ2v) is 17.2. The summed E-state index contributed by atoms with van der Waals surface area (Å²) in [7, 11) is -13.3. The number of hydrogen-bond acceptors (Lipinski definition) is 25. The molecule has 6 aromatic carbocycles. The molecule has 0 saturated carbocycles. The number of non-ortho nitro benzene ring substituents is 1. The molecule has 0 aliphatic rings. The van der Waals surface area contributed by atoms with Gasteiger partial charge in [0.15, 0.2) is 17.2 Å².